The van der Waals surface area contributed by atoms with Gasteiger partial charge in [-0.15, -0.1) is 0 Å². The molecule has 0 unspecified atom stereocenters. The lowest BCUT2D eigenvalue weighted by Crippen LogP contribution is -2.61. The molecule has 0 bridgehead atoms. The van der Waals surface area contributed by atoms with Crippen molar-refractivity contribution in [3.05, 3.63) is 0 Å². The monoisotopic (exact) mass is 943 g/mol. The number of carbonyl (C=O) groups excluding carboxylic acids is 9. The zero-order chi connectivity index (χ0) is 49.9. The molecule has 0 radical (unpaired) electrons. The van der Waals surface area contributed by atoms with E-state index in [2.05, 4.69) is 37.2 Å². The maximum absolute atomic E-state index is 14.2. The highest BCUT2D eigenvalue weighted by molar-refractivity contribution is 7.98. The molecule has 0 aliphatic carbocycles. The fraction of sp³-hybridized carbons (Fsp3) is 0.762. The molecule has 65 heavy (non-hydrogen) atoms. The minimum absolute atomic E-state index is 0.0697. The highest BCUT2D eigenvalue weighted by Crippen LogP contribution is 2.22. The summed E-state index contributed by atoms with van der Waals surface area (Å²) in [5.74, 6) is -8.72. The highest BCUT2D eigenvalue weighted by atomic mass is 32.2. The normalized spacial score (nSPS) is 17.5. The van der Waals surface area contributed by atoms with Crippen LogP contribution in [0, 0.1) is 23.7 Å². The first kappa shape index (κ1) is 58.0. The first-order valence-electron chi connectivity index (χ1n) is 22.0. The number of hydrogen-bond acceptors (Lipinski definition) is 13. The fourth-order valence-electron chi connectivity index (χ4n) is 6.95. The number of aliphatic hydroxyl groups is 1. The molecular formula is C42H74N10O12S. The van der Waals surface area contributed by atoms with Gasteiger partial charge in [-0.3, -0.25) is 43.2 Å². The molecule has 1 aliphatic heterocycles. The number of carbonyl (C=O) groups is 10. The summed E-state index contributed by atoms with van der Waals surface area (Å²) in [6, 6.07) is -10.9. The van der Waals surface area contributed by atoms with Crippen molar-refractivity contribution in [1.82, 2.24) is 42.1 Å². The van der Waals surface area contributed by atoms with Gasteiger partial charge >= 0.3 is 5.97 Å². The Balaban J connectivity index is 3.20. The number of thioether (sulfide) groups is 1. The number of rotatable bonds is 28. The molecule has 9 atom stereocenters. The molecule has 1 heterocycles. The van der Waals surface area contributed by atoms with Gasteiger partial charge in [0.05, 0.1) is 19.1 Å². The minimum Gasteiger partial charge on any atom is -0.480 e. The van der Waals surface area contributed by atoms with E-state index < -0.39 is 138 Å². The predicted molar refractivity (Wildman–Crippen MR) is 242 cm³/mol. The number of nitrogens with zero attached hydrogens (tertiary/aromatic N) is 1. The van der Waals surface area contributed by atoms with Gasteiger partial charge in [0.15, 0.2) is 0 Å². The molecule has 370 valence electrons. The number of primary amides is 1. The summed E-state index contributed by atoms with van der Waals surface area (Å²) in [6.45, 7) is 14.4. The number of amides is 9. The van der Waals surface area contributed by atoms with Gasteiger partial charge in [0.25, 0.3) is 0 Å². The molecule has 22 nitrogen and oxygen atoms in total. The van der Waals surface area contributed by atoms with Crippen LogP contribution in [0.1, 0.15) is 101 Å². The van der Waals surface area contributed by atoms with Crippen molar-refractivity contribution < 1.29 is 58.2 Å². The van der Waals surface area contributed by atoms with Crippen LogP contribution in [0.2, 0.25) is 0 Å². The molecule has 23 heteroatoms. The second-order valence-corrected chi connectivity index (χ2v) is 18.9. The molecule has 1 rings (SSSR count). The number of carboxylic acids is 1. The van der Waals surface area contributed by atoms with Gasteiger partial charge in [-0.1, -0.05) is 55.4 Å². The number of aliphatic hydroxyl groups excluding tert-OH is 1. The second-order valence-electron chi connectivity index (χ2n) is 18.0. The van der Waals surface area contributed by atoms with E-state index in [0.717, 1.165) is 0 Å². The molecule has 1 saturated heterocycles. The fourth-order valence-corrected chi connectivity index (χ4v) is 7.42. The lowest BCUT2D eigenvalue weighted by Gasteiger charge is -2.32. The van der Waals surface area contributed by atoms with Crippen LogP contribution in [0.25, 0.3) is 0 Å². The van der Waals surface area contributed by atoms with Crippen molar-refractivity contribution in [3.63, 3.8) is 0 Å². The zero-order valence-corrected chi connectivity index (χ0v) is 40.2. The Labute approximate surface area is 385 Å². The smallest absolute Gasteiger partial charge is 0.326 e. The van der Waals surface area contributed by atoms with Gasteiger partial charge < -0.3 is 63.8 Å². The van der Waals surface area contributed by atoms with Crippen LogP contribution in [0.4, 0.5) is 0 Å². The van der Waals surface area contributed by atoms with Crippen molar-refractivity contribution in [1.29, 1.82) is 0 Å². The maximum atomic E-state index is 14.2. The third kappa shape index (κ3) is 19.5. The van der Waals surface area contributed by atoms with E-state index >= 15 is 0 Å². The molecule has 1 fully saturated rings. The average molecular weight is 943 g/mol. The quantitative estimate of drug-likeness (QED) is 0.0398. The molecule has 0 aromatic rings. The summed E-state index contributed by atoms with van der Waals surface area (Å²) < 4.78 is 0. The Bertz CT molecular complexity index is 1680. The number of likely N-dealkylation sites (tertiary alicyclic amines) is 1. The summed E-state index contributed by atoms with van der Waals surface area (Å²) >= 11 is 1.41. The van der Waals surface area contributed by atoms with E-state index in [9.17, 15) is 58.2 Å². The van der Waals surface area contributed by atoms with E-state index in [1.165, 1.54) is 23.6 Å². The van der Waals surface area contributed by atoms with Crippen molar-refractivity contribution in [2.75, 3.05) is 25.2 Å². The summed E-state index contributed by atoms with van der Waals surface area (Å²) in [4.78, 5) is 132. The van der Waals surface area contributed by atoms with E-state index in [1.54, 1.807) is 34.0 Å². The van der Waals surface area contributed by atoms with Crippen LogP contribution in [0.15, 0.2) is 0 Å². The number of carboxylic acid groups (broad SMARTS) is 1. The Hall–Kier alpha value is -5.03. The SMILES string of the molecule is CSCC[C@H](NC(=O)[C@@H]1CCCN1C(=O)[C@H](CC(C)C)NC(=O)[C@H](CC(C)C)NC(=O)[C@@H](N)CC(N)=O)C(=O)N[C@H](C(=O)N[C@@H](C)C(=O)N[C@@H](CO)C(=O)N[C@H](C(=O)O)C(C)C)C(C)C. The lowest BCUT2D eigenvalue weighted by molar-refractivity contribution is -0.144. The number of nitrogens with two attached hydrogens (primary N) is 2. The van der Waals surface area contributed by atoms with Gasteiger partial charge in [-0.2, -0.15) is 11.8 Å². The summed E-state index contributed by atoms with van der Waals surface area (Å²) in [7, 11) is 0. The lowest BCUT2D eigenvalue weighted by atomic mass is 9.99. The number of aliphatic carboxylic acids is 1. The molecule has 0 aromatic carbocycles. The van der Waals surface area contributed by atoms with Crippen molar-refractivity contribution >= 4 is 70.9 Å². The molecule has 9 amide bonds. The maximum Gasteiger partial charge on any atom is 0.326 e. The second kappa shape index (κ2) is 28.1. The predicted octanol–water partition coefficient (Wildman–Crippen LogP) is -2.17. The van der Waals surface area contributed by atoms with Crippen molar-refractivity contribution in [2.45, 2.75) is 155 Å². The highest BCUT2D eigenvalue weighted by Gasteiger charge is 2.40. The molecule has 0 aromatic heterocycles. The van der Waals surface area contributed by atoms with Crippen molar-refractivity contribution in [2.24, 2.45) is 35.1 Å². The van der Waals surface area contributed by atoms with Crippen LogP contribution >= 0.6 is 11.8 Å². The van der Waals surface area contributed by atoms with E-state index in [0.29, 0.717) is 12.2 Å². The van der Waals surface area contributed by atoms with Gasteiger partial charge in [0, 0.05) is 6.54 Å². The molecule has 13 N–H and O–H groups in total. The molecule has 0 spiro atoms. The van der Waals surface area contributed by atoms with E-state index in [4.69, 9.17) is 11.5 Å². The van der Waals surface area contributed by atoms with Gasteiger partial charge in [0.1, 0.15) is 48.3 Å². The van der Waals surface area contributed by atoms with Crippen LogP contribution in [-0.2, 0) is 47.9 Å². The minimum atomic E-state index is -1.53. The van der Waals surface area contributed by atoms with Crippen LogP contribution < -0.4 is 48.7 Å². The Morgan fingerprint density at radius 1 is 0.646 bits per heavy atom. The van der Waals surface area contributed by atoms with Crippen LogP contribution in [0.5, 0.6) is 0 Å². The standard InChI is InChI=1S/C42H74N10O12S/c1-20(2)16-27(47-35(56)25(43)18-31(44)54)37(58)48-28(17-21(3)4)41(62)52-14-11-12-30(52)39(60)46-26(13-15-65-10)36(57)50-32(22(5)6)40(61)45-24(9)34(55)49-29(19-53)38(59)51-33(23(7)8)42(63)64/h20-30,32-33,53H,11-19,43H2,1-10H3,(H2,44,54)(H,45,61)(H,46,60)(H,47,56)(H,48,58)(H,49,55)(H,50,57)(H,51,59)(H,63,64)/t24-,25-,26-,27-,28-,29-,30-,32-,33-/m0/s1. The molecule has 0 saturated carbocycles. The Morgan fingerprint density at radius 2 is 1.15 bits per heavy atom. The summed E-state index contributed by atoms with van der Waals surface area (Å²) in [6.07, 6.45) is 2.61. The zero-order valence-electron chi connectivity index (χ0n) is 39.4. The topological polar surface area (TPSA) is 351 Å². The number of hydrogen-bond donors (Lipinski definition) is 11. The Morgan fingerprint density at radius 3 is 1.66 bits per heavy atom. The third-order valence-corrected chi connectivity index (χ3v) is 11.2. The summed E-state index contributed by atoms with van der Waals surface area (Å²) in [5.41, 5.74) is 11.0. The molecule has 1 aliphatic rings. The largest absolute Gasteiger partial charge is 0.480 e. The first-order chi connectivity index (χ1) is 30.2. The average Bonchev–Trinajstić information content (AvgIpc) is 3.70. The molecular weight excluding hydrogens is 869 g/mol. The van der Waals surface area contributed by atoms with Crippen LogP contribution in [0.3, 0.4) is 0 Å². The third-order valence-electron chi connectivity index (χ3n) is 10.5. The van der Waals surface area contributed by atoms with E-state index in [1.807, 2.05) is 27.7 Å². The first-order valence-corrected chi connectivity index (χ1v) is 23.4. The van der Waals surface area contributed by atoms with Crippen molar-refractivity contribution in [3.8, 4) is 0 Å². The van der Waals surface area contributed by atoms with Crippen LogP contribution in [-0.4, -0.2) is 154 Å². The van der Waals surface area contributed by atoms with Gasteiger partial charge in [-0.25, -0.2) is 4.79 Å². The summed E-state index contributed by atoms with van der Waals surface area (Å²) in [5, 5.41) is 37.0. The van der Waals surface area contributed by atoms with Gasteiger partial charge in [-0.05, 0) is 74.7 Å². The van der Waals surface area contributed by atoms with E-state index in [-0.39, 0.29) is 44.1 Å². The van der Waals surface area contributed by atoms with Gasteiger partial charge in [0.2, 0.25) is 53.2 Å². The number of nitrogens with one attached hydrogen (secondary N) is 7. The Kier molecular flexibility index (Phi) is 25.1.